The molecule has 0 aromatic heterocycles. The molecular formula is C25H32N2O3. The number of hydrogen-bond donors (Lipinski definition) is 1. The molecule has 2 amide bonds. The summed E-state index contributed by atoms with van der Waals surface area (Å²) in [5.74, 6) is 0.326. The second-order valence-corrected chi connectivity index (χ2v) is 9.31. The lowest BCUT2D eigenvalue weighted by atomic mass is 9.99. The standard InChI is InChI=1S/C25H32N2O3/c1-8-24(4,5)26-22(28)18-11-12-21-20(14-18)27(23(29)25(6,7)30-21)15-19-13-16(2)9-10-17(19)3/h9-14H,8,15H2,1-7H3,(H,26,28). The van der Waals surface area contributed by atoms with E-state index in [0.29, 0.717) is 23.5 Å². The molecule has 0 fully saturated rings. The molecule has 0 spiro atoms. The van der Waals surface area contributed by atoms with Crippen LogP contribution >= 0.6 is 0 Å². The maximum atomic E-state index is 13.3. The van der Waals surface area contributed by atoms with Gasteiger partial charge in [-0.2, -0.15) is 0 Å². The number of amides is 2. The van der Waals surface area contributed by atoms with E-state index < -0.39 is 5.60 Å². The normalized spacial score (nSPS) is 15.4. The number of benzene rings is 2. The molecule has 0 aliphatic carbocycles. The molecule has 160 valence electrons. The van der Waals surface area contributed by atoms with Crippen LogP contribution in [0.5, 0.6) is 5.75 Å². The average Bonchev–Trinajstić information content (AvgIpc) is 2.67. The van der Waals surface area contributed by atoms with E-state index in [4.69, 9.17) is 4.74 Å². The lowest BCUT2D eigenvalue weighted by molar-refractivity contribution is -0.132. The van der Waals surface area contributed by atoms with E-state index in [0.717, 1.165) is 23.1 Å². The lowest BCUT2D eigenvalue weighted by Crippen LogP contribution is -2.52. The molecule has 1 N–H and O–H groups in total. The molecule has 1 aliphatic rings. The number of fused-ring (bicyclic) bond motifs is 1. The first-order valence-corrected chi connectivity index (χ1v) is 10.5. The van der Waals surface area contributed by atoms with Gasteiger partial charge in [-0.3, -0.25) is 9.59 Å². The van der Waals surface area contributed by atoms with Crippen LogP contribution in [0.1, 0.15) is 68.1 Å². The average molecular weight is 409 g/mol. The minimum absolute atomic E-state index is 0.123. The van der Waals surface area contributed by atoms with Crippen molar-refractivity contribution in [3.8, 4) is 5.75 Å². The minimum atomic E-state index is -0.974. The molecule has 1 heterocycles. The topological polar surface area (TPSA) is 58.6 Å². The smallest absolute Gasteiger partial charge is 0.271 e. The molecule has 0 saturated heterocycles. The molecule has 30 heavy (non-hydrogen) atoms. The van der Waals surface area contributed by atoms with Gasteiger partial charge in [0.1, 0.15) is 5.75 Å². The molecule has 0 bridgehead atoms. The molecular weight excluding hydrogens is 376 g/mol. The summed E-state index contributed by atoms with van der Waals surface area (Å²) in [6.07, 6.45) is 0.818. The molecule has 0 radical (unpaired) electrons. The van der Waals surface area contributed by atoms with Crippen LogP contribution in [0.3, 0.4) is 0 Å². The zero-order valence-corrected chi connectivity index (χ0v) is 19.1. The summed E-state index contributed by atoms with van der Waals surface area (Å²) in [5, 5.41) is 3.05. The van der Waals surface area contributed by atoms with Crippen molar-refractivity contribution in [2.24, 2.45) is 0 Å². The zero-order chi connectivity index (χ0) is 22.3. The number of carbonyl (C=O) groups is 2. The quantitative estimate of drug-likeness (QED) is 0.763. The van der Waals surface area contributed by atoms with Gasteiger partial charge in [-0.05, 0) is 77.3 Å². The van der Waals surface area contributed by atoms with Crippen molar-refractivity contribution in [3.63, 3.8) is 0 Å². The van der Waals surface area contributed by atoms with Gasteiger partial charge < -0.3 is 15.0 Å². The number of ether oxygens (including phenoxy) is 1. The third-order valence-electron chi connectivity index (χ3n) is 5.81. The number of rotatable bonds is 5. The van der Waals surface area contributed by atoms with E-state index in [9.17, 15) is 9.59 Å². The first kappa shape index (κ1) is 21.9. The van der Waals surface area contributed by atoms with Gasteiger partial charge in [-0.25, -0.2) is 0 Å². The fourth-order valence-corrected chi connectivity index (χ4v) is 3.47. The monoisotopic (exact) mass is 408 g/mol. The van der Waals surface area contributed by atoms with Crippen molar-refractivity contribution in [2.45, 2.75) is 72.6 Å². The Morgan fingerprint density at radius 2 is 1.83 bits per heavy atom. The predicted octanol–water partition coefficient (Wildman–Crippen LogP) is 4.93. The Morgan fingerprint density at radius 1 is 1.13 bits per heavy atom. The van der Waals surface area contributed by atoms with E-state index in [-0.39, 0.29) is 17.4 Å². The summed E-state index contributed by atoms with van der Waals surface area (Å²) in [5.41, 5.74) is 3.20. The molecule has 5 nitrogen and oxygen atoms in total. The molecule has 1 aliphatic heterocycles. The Morgan fingerprint density at radius 3 is 2.50 bits per heavy atom. The van der Waals surface area contributed by atoms with Crippen LogP contribution in [0.25, 0.3) is 0 Å². The van der Waals surface area contributed by atoms with Crippen LogP contribution in [0, 0.1) is 13.8 Å². The summed E-state index contributed by atoms with van der Waals surface area (Å²) in [4.78, 5) is 27.8. The fourth-order valence-electron chi connectivity index (χ4n) is 3.47. The van der Waals surface area contributed by atoms with Crippen LogP contribution in [0.4, 0.5) is 5.69 Å². The molecule has 0 atom stereocenters. The predicted molar refractivity (Wildman–Crippen MR) is 120 cm³/mol. The summed E-state index contributed by atoms with van der Waals surface area (Å²) in [6.45, 7) is 14.1. The number of hydrogen-bond acceptors (Lipinski definition) is 3. The minimum Gasteiger partial charge on any atom is -0.476 e. The summed E-state index contributed by atoms with van der Waals surface area (Å²) in [7, 11) is 0. The van der Waals surface area contributed by atoms with Crippen molar-refractivity contribution in [1.29, 1.82) is 0 Å². The second-order valence-electron chi connectivity index (χ2n) is 9.31. The van der Waals surface area contributed by atoms with Gasteiger partial charge in [-0.15, -0.1) is 0 Å². The van der Waals surface area contributed by atoms with Crippen molar-refractivity contribution in [1.82, 2.24) is 5.32 Å². The molecule has 2 aromatic rings. The number of carbonyl (C=O) groups excluding carboxylic acids is 2. The van der Waals surface area contributed by atoms with Gasteiger partial charge in [0.25, 0.3) is 11.8 Å². The Hall–Kier alpha value is -2.82. The van der Waals surface area contributed by atoms with Gasteiger partial charge in [0.2, 0.25) is 0 Å². The Kier molecular flexibility index (Phi) is 5.68. The van der Waals surface area contributed by atoms with Crippen molar-refractivity contribution >= 4 is 17.5 Å². The van der Waals surface area contributed by atoms with E-state index in [1.54, 1.807) is 36.9 Å². The van der Waals surface area contributed by atoms with Crippen LogP contribution in [-0.4, -0.2) is 23.0 Å². The van der Waals surface area contributed by atoms with Gasteiger partial charge in [0, 0.05) is 11.1 Å². The van der Waals surface area contributed by atoms with E-state index in [1.807, 2.05) is 34.6 Å². The van der Waals surface area contributed by atoms with Crippen molar-refractivity contribution in [2.75, 3.05) is 4.90 Å². The first-order chi connectivity index (χ1) is 13.9. The van der Waals surface area contributed by atoms with Crippen molar-refractivity contribution < 1.29 is 14.3 Å². The maximum absolute atomic E-state index is 13.3. The fraction of sp³-hybridized carbons (Fsp3) is 0.440. The highest BCUT2D eigenvalue weighted by molar-refractivity contribution is 6.04. The van der Waals surface area contributed by atoms with Gasteiger partial charge in [-0.1, -0.05) is 30.7 Å². The molecule has 2 aromatic carbocycles. The lowest BCUT2D eigenvalue weighted by Gasteiger charge is -2.39. The second kappa shape index (κ2) is 7.78. The van der Waals surface area contributed by atoms with Crippen LogP contribution < -0.4 is 15.0 Å². The Bertz CT molecular complexity index is 992. The largest absolute Gasteiger partial charge is 0.476 e. The molecule has 3 rings (SSSR count). The SMILES string of the molecule is CCC(C)(C)NC(=O)c1ccc2c(c1)N(Cc1cc(C)ccc1C)C(=O)C(C)(C)O2. The van der Waals surface area contributed by atoms with Crippen LogP contribution in [0.15, 0.2) is 36.4 Å². The van der Waals surface area contributed by atoms with Crippen LogP contribution in [0.2, 0.25) is 0 Å². The first-order valence-electron chi connectivity index (χ1n) is 10.5. The van der Waals surface area contributed by atoms with Gasteiger partial charge >= 0.3 is 0 Å². The highest BCUT2D eigenvalue weighted by Crippen LogP contribution is 2.39. The Labute approximate surface area is 179 Å². The van der Waals surface area contributed by atoms with E-state index in [2.05, 4.69) is 23.5 Å². The highest BCUT2D eigenvalue weighted by atomic mass is 16.5. The number of nitrogens with one attached hydrogen (secondary N) is 1. The zero-order valence-electron chi connectivity index (χ0n) is 19.1. The summed E-state index contributed by atoms with van der Waals surface area (Å²) >= 11 is 0. The highest BCUT2D eigenvalue weighted by Gasteiger charge is 2.41. The third-order valence-corrected chi connectivity index (χ3v) is 5.81. The number of nitrogens with zero attached hydrogens (tertiary/aromatic N) is 1. The molecule has 5 heteroatoms. The third kappa shape index (κ3) is 4.35. The van der Waals surface area contributed by atoms with Crippen molar-refractivity contribution in [3.05, 3.63) is 58.7 Å². The van der Waals surface area contributed by atoms with E-state index in [1.165, 1.54) is 0 Å². The maximum Gasteiger partial charge on any atom is 0.271 e. The van der Waals surface area contributed by atoms with E-state index >= 15 is 0 Å². The van der Waals surface area contributed by atoms with Gasteiger partial charge in [0.05, 0.1) is 12.2 Å². The number of aryl methyl sites for hydroxylation is 2. The summed E-state index contributed by atoms with van der Waals surface area (Å²) in [6, 6.07) is 11.5. The Balaban J connectivity index is 2.02. The molecule has 0 saturated carbocycles. The van der Waals surface area contributed by atoms with Crippen LogP contribution in [-0.2, 0) is 11.3 Å². The molecule has 0 unspecified atom stereocenters. The van der Waals surface area contributed by atoms with Gasteiger partial charge in [0.15, 0.2) is 5.60 Å². The summed E-state index contributed by atoms with van der Waals surface area (Å²) < 4.78 is 5.99. The number of anilines is 1.